The molecule has 0 bridgehead atoms. The summed E-state index contributed by atoms with van der Waals surface area (Å²) in [6.07, 6.45) is 0.0844. The Morgan fingerprint density at radius 1 is 1.14 bits per heavy atom. The smallest absolute Gasteiger partial charge is 0.167 e. The standard InChI is InChI=1S/C18H22O3/c1-4-16(19)15-9-6-10-17(20-3)18(15)21-12-14-8-5-7-13(2)11-14/h5-11,16,19H,4,12H2,1-3H3. The highest BCUT2D eigenvalue weighted by Gasteiger charge is 2.16. The first-order valence-corrected chi connectivity index (χ1v) is 7.19. The fourth-order valence-corrected chi connectivity index (χ4v) is 2.29. The van der Waals surface area contributed by atoms with Gasteiger partial charge in [-0.25, -0.2) is 0 Å². The SMILES string of the molecule is CCC(O)c1cccc(OC)c1OCc1cccc(C)c1. The van der Waals surface area contributed by atoms with E-state index in [1.165, 1.54) is 5.56 Å². The Hall–Kier alpha value is -2.00. The average molecular weight is 286 g/mol. The summed E-state index contributed by atoms with van der Waals surface area (Å²) in [5, 5.41) is 10.1. The van der Waals surface area contributed by atoms with Crippen molar-refractivity contribution >= 4 is 0 Å². The molecule has 2 aromatic carbocycles. The fourth-order valence-electron chi connectivity index (χ4n) is 2.29. The number of para-hydroxylation sites is 1. The summed E-state index contributed by atoms with van der Waals surface area (Å²) < 4.78 is 11.3. The molecule has 1 unspecified atom stereocenters. The van der Waals surface area contributed by atoms with Gasteiger partial charge >= 0.3 is 0 Å². The molecule has 0 radical (unpaired) electrons. The number of hydrogen-bond donors (Lipinski definition) is 1. The van der Waals surface area contributed by atoms with Gasteiger partial charge in [0.1, 0.15) is 6.61 Å². The summed E-state index contributed by atoms with van der Waals surface area (Å²) in [6.45, 7) is 4.44. The van der Waals surface area contributed by atoms with Crippen LogP contribution < -0.4 is 9.47 Å². The molecular formula is C18H22O3. The van der Waals surface area contributed by atoms with Crippen LogP contribution in [-0.4, -0.2) is 12.2 Å². The van der Waals surface area contributed by atoms with E-state index in [2.05, 4.69) is 19.1 Å². The lowest BCUT2D eigenvalue weighted by atomic mass is 10.1. The van der Waals surface area contributed by atoms with Gasteiger partial charge in [-0.15, -0.1) is 0 Å². The summed E-state index contributed by atoms with van der Waals surface area (Å²) in [7, 11) is 1.61. The van der Waals surface area contributed by atoms with E-state index in [9.17, 15) is 5.11 Å². The predicted molar refractivity (Wildman–Crippen MR) is 83.8 cm³/mol. The first-order chi connectivity index (χ1) is 10.2. The molecule has 1 atom stereocenters. The van der Waals surface area contributed by atoms with Gasteiger partial charge < -0.3 is 14.6 Å². The monoisotopic (exact) mass is 286 g/mol. The molecule has 0 heterocycles. The Kier molecular flexibility index (Phi) is 5.23. The molecule has 1 N–H and O–H groups in total. The van der Waals surface area contributed by atoms with Crippen LogP contribution in [0.15, 0.2) is 42.5 Å². The number of methoxy groups -OCH3 is 1. The van der Waals surface area contributed by atoms with Gasteiger partial charge in [-0.05, 0) is 25.0 Å². The molecule has 0 saturated heterocycles. The zero-order chi connectivity index (χ0) is 15.2. The molecule has 0 aromatic heterocycles. The van der Waals surface area contributed by atoms with Crippen LogP contribution in [0.1, 0.15) is 36.1 Å². The van der Waals surface area contributed by atoms with E-state index in [1.807, 2.05) is 37.3 Å². The highest BCUT2D eigenvalue weighted by Crippen LogP contribution is 2.36. The Morgan fingerprint density at radius 3 is 2.57 bits per heavy atom. The van der Waals surface area contributed by atoms with Crippen molar-refractivity contribution < 1.29 is 14.6 Å². The number of aliphatic hydroxyl groups excluding tert-OH is 1. The van der Waals surface area contributed by atoms with Gasteiger partial charge in [0.05, 0.1) is 13.2 Å². The van der Waals surface area contributed by atoms with E-state index in [-0.39, 0.29) is 0 Å². The van der Waals surface area contributed by atoms with Gasteiger partial charge in [-0.1, -0.05) is 48.9 Å². The summed E-state index contributed by atoms with van der Waals surface area (Å²) in [6, 6.07) is 13.8. The minimum atomic E-state index is -0.549. The van der Waals surface area contributed by atoms with E-state index >= 15 is 0 Å². The molecule has 0 spiro atoms. The van der Waals surface area contributed by atoms with Gasteiger partial charge in [0.25, 0.3) is 0 Å². The molecule has 112 valence electrons. The van der Waals surface area contributed by atoms with Crippen LogP contribution in [0.4, 0.5) is 0 Å². The number of benzene rings is 2. The van der Waals surface area contributed by atoms with Crippen molar-refractivity contribution in [3.63, 3.8) is 0 Å². The third kappa shape index (κ3) is 3.76. The molecule has 2 rings (SSSR count). The lowest BCUT2D eigenvalue weighted by Gasteiger charge is -2.18. The molecule has 0 fully saturated rings. The molecule has 0 aliphatic carbocycles. The largest absolute Gasteiger partial charge is 0.493 e. The normalized spacial score (nSPS) is 12.0. The van der Waals surface area contributed by atoms with Gasteiger partial charge in [-0.3, -0.25) is 0 Å². The van der Waals surface area contributed by atoms with E-state index in [4.69, 9.17) is 9.47 Å². The van der Waals surface area contributed by atoms with Crippen LogP contribution in [0.2, 0.25) is 0 Å². The first kappa shape index (κ1) is 15.4. The third-order valence-electron chi connectivity index (χ3n) is 3.44. The second-order valence-corrected chi connectivity index (χ2v) is 5.08. The average Bonchev–Trinajstić information content (AvgIpc) is 2.51. The number of aliphatic hydroxyl groups is 1. The van der Waals surface area contributed by atoms with Crippen LogP contribution in [0.5, 0.6) is 11.5 Å². The lowest BCUT2D eigenvalue weighted by molar-refractivity contribution is 0.164. The van der Waals surface area contributed by atoms with Crippen molar-refractivity contribution in [2.24, 2.45) is 0 Å². The van der Waals surface area contributed by atoms with Crippen molar-refractivity contribution in [2.45, 2.75) is 33.0 Å². The number of aryl methyl sites for hydroxylation is 1. The van der Waals surface area contributed by atoms with Crippen molar-refractivity contribution in [3.05, 3.63) is 59.2 Å². The van der Waals surface area contributed by atoms with Gasteiger partial charge in [0.15, 0.2) is 11.5 Å². The summed E-state index contributed by atoms with van der Waals surface area (Å²) in [5.74, 6) is 1.27. The molecule has 0 aliphatic heterocycles. The molecule has 0 amide bonds. The summed E-state index contributed by atoms with van der Waals surface area (Å²) in [4.78, 5) is 0. The van der Waals surface area contributed by atoms with Crippen LogP contribution >= 0.6 is 0 Å². The van der Waals surface area contributed by atoms with Crippen molar-refractivity contribution in [3.8, 4) is 11.5 Å². The second-order valence-electron chi connectivity index (χ2n) is 5.08. The van der Waals surface area contributed by atoms with E-state index in [0.29, 0.717) is 24.5 Å². The molecule has 21 heavy (non-hydrogen) atoms. The maximum Gasteiger partial charge on any atom is 0.167 e. The fraction of sp³-hybridized carbons (Fsp3) is 0.333. The second kappa shape index (κ2) is 7.14. The van der Waals surface area contributed by atoms with Crippen LogP contribution in [0.25, 0.3) is 0 Å². The summed E-state index contributed by atoms with van der Waals surface area (Å²) in [5.41, 5.74) is 3.06. The highest BCUT2D eigenvalue weighted by atomic mass is 16.5. The maximum atomic E-state index is 10.1. The Balaban J connectivity index is 2.25. The van der Waals surface area contributed by atoms with Crippen molar-refractivity contribution in [1.29, 1.82) is 0 Å². The quantitative estimate of drug-likeness (QED) is 0.871. The first-order valence-electron chi connectivity index (χ1n) is 7.19. The maximum absolute atomic E-state index is 10.1. The van der Waals surface area contributed by atoms with Gasteiger partial charge in [-0.2, -0.15) is 0 Å². The minimum absolute atomic E-state index is 0.450. The van der Waals surface area contributed by atoms with E-state index < -0.39 is 6.10 Å². The third-order valence-corrected chi connectivity index (χ3v) is 3.44. The van der Waals surface area contributed by atoms with Gasteiger partial charge in [0, 0.05) is 5.56 Å². The van der Waals surface area contributed by atoms with Crippen LogP contribution in [-0.2, 0) is 6.61 Å². The zero-order valence-corrected chi connectivity index (χ0v) is 12.8. The van der Waals surface area contributed by atoms with Gasteiger partial charge in [0.2, 0.25) is 0 Å². The Bertz CT molecular complexity index is 593. The highest BCUT2D eigenvalue weighted by molar-refractivity contribution is 5.47. The van der Waals surface area contributed by atoms with E-state index in [0.717, 1.165) is 11.1 Å². The molecule has 3 nitrogen and oxygen atoms in total. The van der Waals surface area contributed by atoms with Crippen LogP contribution in [0, 0.1) is 6.92 Å². The van der Waals surface area contributed by atoms with Crippen LogP contribution in [0.3, 0.4) is 0 Å². The predicted octanol–water partition coefficient (Wildman–Crippen LogP) is 4.03. The molecular weight excluding hydrogens is 264 g/mol. The number of hydrogen-bond acceptors (Lipinski definition) is 3. The number of rotatable bonds is 6. The topological polar surface area (TPSA) is 38.7 Å². The van der Waals surface area contributed by atoms with Crippen molar-refractivity contribution in [2.75, 3.05) is 7.11 Å². The molecule has 3 heteroatoms. The molecule has 0 saturated carbocycles. The Labute approximate surface area is 126 Å². The van der Waals surface area contributed by atoms with E-state index in [1.54, 1.807) is 7.11 Å². The number of ether oxygens (including phenoxy) is 2. The minimum Gasteiger partial charge on any atom is -0.493 e. The lowest BCUT2D eigenvalue weighted by Crippen LogP contribution is -2.04. The van der Waals surface area contributed by atoms with Crippen molar-refractivity contribution in [1.82, 2.24) is 0 Å². The molecule has 2 aromatic rings. The Morgan fingerprint density at radius 2 is 1.90 bits per heavy atom. The summed E-state index contributed by atoms with van der Waals surface area (Å²) >= 11 is 0. The molecule has 0 aliphatic rings. The zero-order valence-electron chi connectivity index (χ0n) is 12.8.